The molecule has 3 aromatic rings. The molecule has 0 aliphatic heterocycles. The number of methoxy groups -OCH3 is 1. The highest BCUT2D eigenvalue weighted by atomic mass is 16.5. The Bertz CT molecular complexity index is 976. The zero-order valence-corrected chi connectivity index (χ0v) is 16.5. The zero-order chi connectivity index (χ0) is 19.4. The second-order valence-corrected chi connectivity index (χ2v) is 6.47. The molecule has 0 fully saturated rings. The first-order valence-corrected chi connectivity index (χ1v) is 8.95. The van der Waals surface area contributed by atoms with Crippen molar-refractivity contribution in [3.63, 3.8) is 0 Å². The van der Waals surface area contributed by atoms with Crippen LogP contribution in [0.25, 0.3) is 11.0 Å². The first kappa shape index (κ1) is 18.8. The zero-order valence-electron chi connectivity index (χ0n) is 16.5. The molecular formula is C21H26N4O2. The Hall–Kier alpha value is -3.02. The van der Waals surface area contributed by atoms with Gasteiger partial charge in [-0.25, -0.2) is 0 Å². The molecule has 1 aromatic carbocycles. The minimum absolute atomic E-state index is 0.557. The number of benzene rings is 1. The van der Waals surface area contributed by atoms with Crippen molar-refractivity contribution >= 4 is 16.9 Å². The van der Waals surface area contributed by atoms with Crippen molar-refractivity contribution in [3.05, 3.63) is 58.6 Å². The molecule has 0 bridgehead atoms. The highest BCUT2D eigenvalue weighted by Gasteiger charge is 2.12. The molecule has 27 heavy (non-hydrogen) atoms. The van der Waals surface area contributed by atoms with Gasteiger partial charge in [0.25, 0.3) is 0 Å². The number of hydrogen-bond acceptors (Lipinski definition) is 4. The summed E-state index contributed by atoms with van der Waals surface area (Å²) in [5.41, 5.74) is 5.05. The molecule has 0 unspecified atom stereocenters. The molecule has 0 aliphatic rings. The highest BCUT2D eigenvalue weighted by Crippen LogP contribution is 2.25. The Morgan fingerprint density at radius 2 is 1.85 bits per heavy atom. The van der Waals surface area contributed by atoms with Crippen molar-refractivity contribution in [1.82, 2.24) is 15.6 Å². The molecule has 0 radical (unpaired) electrons. The maximum absolute atomic E-state index is 5.94. The van der Waals surface area contributed by atoms with Crippen molar-refractivity contribution in [3.8, 4) is 5.75 Å². The van der Waals surface area contributed by atoms with E-state index in [-0.39, 0.29) is 0 Å². The summed E-state index contributed by atoms with van der Waals surface area (Å²) < 4.78 is 11.4. The number of aromatic nitrogens is 1. The molecule has 2 N–H and O–H groups in total. The van der Waals surface area contributed by atoms with E-state index < -0.39 is 0 Å². The highest BCUT2D eigenvalue weighted by molar-refractivity contribution is 5.83. The molecule has 0 saturated carbocycles. The summed E-state index contributed by atoms with van der Waals surface area (Å²) in [5, 5.41) is 7.75. The summed E-state index contributed by atoms with van der Waals surface area (Å²) in [6.07, 6.45) is 1.83. The van der Waals surface area contributed by atoms with Crippen LogP contribution in [0.15, 0.2) is 39.9 Å². The van der Waals surface area contributed by atoms with E-state index in [0.717, 1.165) is 44.9 Å². The molecular weight excluding hydrogens is 340 g/mol. The van der Waals surface area contributed by atoms with E-state index in [1.807, 2.05) is 38.2 Å². The van der Waals surface area contributed by atoms with Crippen molar-refractivity contribution in [2.45, 2.75) is 33.9 Å². The van der Waals surface area contributed by atoms with Gasteiger partial charge in [-0.3, -0.25) is 9.98 Å². The van der Waals surface area contributed by atoms with Crippen LogP contribution in [0.1, 0.15) is 28.1 Å². The number of guanidine groups is 1. The predicted octanol–water partition coefficient (Wildman–Crippen LogP) is 3.63. The molecule has 6 nitrogen and oxygen atoms in total. The van der Waals surface area contributed by atoms with Crippen LogP contribution in [0.5, 0.6) is 5.75 Å². The summed E-state index contributed by atoms with van der Waals surface area (Å²) >= 11 is 0. The second-order valence-electron chi connectivity index (χ2n) is 6.47. The van der Waals surface area contributed by atoms with E-state index in [9.17, 15) is 0 Å². The number of nitrogens with zero attached hydrogens (tertiary/aromatic N) is 2. The number of ether oxygens (including phenoxy) is 1. The summed E-state index contributed by atoms with van der Waals surface area (Å²) in [7, 11) is 3.43. The van der Waals surface area contributed by atoms with Crippen LogP contribution in [0.3, 0.4) is 0 Å². The predicted molar refractivity (Wildman–Crippen MR) is 108 cm³/mol. The normalized spacial score (nSPS) is 11.7. The number of furan rings is 1. The molecule has 6 heteroatoms. The third kappa shape index (κ3) is 3.89. The first-order valence-electron chi connectivity index (χ1n) is 8.95. The largest absolute Gasteiger partial charge is 0.496 e. The maximum atomic E-state index is 5.94. The number of para-hydroxylation sites is 1. The molecule has 142 valence electrons. The third-order valence-electron chi connectivity index (χ3n) is 4.76. The molecule has 2 aromatic heterocycles. The van der Waals surface area contributed by atoms with Crippen LogP contribution in [0, 0.1) is 20.8 Å². The van der Waals surface area contributed by atoms with Crippen LogP contribution in [-0.2, 0) is 13.1 Å². The van der Waals surface area contributed by atoms with Crippen LogP contribution in [0.2, 0.25) is 0 Å². The fraction of sp³-hybridized carbons (Fsp3) is 0.333. The number of rotatable bonds is 5. The van der Waals surface area contributed by atoms with Crippen molar-refractivity contribution in [2.75, 3.05) is 14.2 Å². The topological polar surface area (TPSA) is 71.7 Å². The van der Waals surface area contributed by atoms with Crippen molar-refractivity contribution in [1.29, 1.82) is 0 Å². The van der Waals surface area contributed by atoms with Crippen LogP contribution in [0.4, 0.5) is 0 Å². The second kappa shape index (κ2) is 8.12. The van der Waals surface area contributed by atoms with Gasteiger partial charge in [0.1, 0.15) is 17.1 Å². The average Bonchev–Trinajstić information content (AvgIpc) is 3.00. The summed E-state index contributed by atoms with van der Waals surface area (Å²) in [4.78, 5) is 8.80. The lowest BCUT2D eigenvalue weighted by Crippen LogP contribution is -2.36. The van der Waals surface area contributed by atoms with E-state index in [4.69, 9.17) is 9.15 Å². The van der Waals surface area contributed by atoms with Crippen LogP contribution >= 0.6 is 0 Å². The Labute approximate surface area is 159 Å². The number of hydrogen-bond donors (Lipinski definition) is 2. The molecule has 0 aliphatic carbocycles. The van der Waals surface area contributed by atoms with Gasteiger partial charge in [-0.05, 0) is 26.8 Å². The van der Waals surface area contributed by atoms with E-state index in [1.54, 1.807) is 14.2 Å². The number of fused-ring (bicyclic) bond motifs is 1. The monoisotopic (exact) mass is 366 g/mol. The van der Waals surface area contributed by atoms with Gasteiger partial charge in [0.15, 0.2) is 5.96 Å². The SMILES string of the molecule is CN=C(NCc1ncc(C)c(OC)c1C)NCc1oc2ccccc2c1C. The van der Waals surface area contributed by atoms with Gasteiger partial charge in [0.05, 0.1) is 25.9 Å². The fourth-order valence-electron chi connectivity index (χ4n) is 3.19. The Kier molecular flexibility index (Phi) is 5.64. The number of aliphatic imine (C=N–C) groups is 1. The summed E-state index contributed by atoms with van der Waals surface area (Å²) in [6, 6.07) is 8.06. The van der Waals surface area contributed by atoms with Crippen molar-refractivity contribution in [2.24, 2.45) is 4.99 Å². The quantitative estimate of drug-likeness (QED) is 0.533. The lowest BCUT2D eigenvalue weighted by atomic mass is 10.1. The van der Waals surface area contributed by atoms with Crippen LogP contribution in [-0.4, -0.2) is 25.1 Å². The van der Waals surface area contributed by atoms with Gasteiger partial charge in [0, 0.05) is 35.3 Å². The minimum atomic E-state index is 0.557. The summed E-state index contributed by atoms with van der Waals surface area (Å²) in [5.74, 6) is 2.48. The molecule has 0 saturated heterocycles. The molecule has 3 rings (SSSR count). The van der Waals surface area contributed by atoms with Gasteiger partial charge < -0.3 is 19.8 Å². The van der Waals surface area contributed by atoms with E-state index in [0.29, 0.717) is 19.0 Å². The van der Waals surface area contributed by atoms with Gasteiger partial charge in [-0.1, -0.05) is 18.2 Å². The van der Waals surface area contributed by atoms with Crippen molar-refractivity contribution < 1.29 is 9.15 Å². The Morgan fingerprint density at radius 3 is 2.56 bits per heavy atom. The third-order valence-corrected chi connectivity index (χ3v) is 4.76. The fourth-order valence-corrected chi connectivity index (χ4v) is 3.19. The van der Waals surface area contributed by atoms with Gasteiger partial charge in [0.2, 0.25) is 0 Å². The van der Waals surface area contributed by atoms with Gasteiger partial charge in [-0.15, -0.1) is 0 Å². The van der Waals surface area contributed by atoms with Gasteiger partial charge >= 0.3 is 0 Å². The molecule has 0 amide bonds. The number of aryl methyl sites for hydroxylation is 2. The summed E-state index contributed by atoms with van der Waals surface area (Å²) in [6.45, 7) is 7.20. The number of nitrogens with one attached hydrogen (secondary N) is 2. The number of pyridine rings is 1. The Balaban J connectivity index is 1.66. The first-order chi connectivity index (χ1) is 13.0. The van der Waals surface area contributed by atoms with E-state index >= 15 is 0 Å². The average molecular weight is 366 g/mol. The Morgan fingerprint density at radius 1 is 1.11 bits per heavy atom. The smallest absolute Gasteiger partial charge is 0.191 e. The van der Waals surface area contributed by atoms with Crippen LogP contribution < -0.4 is 15.4 Å². The van der Waals surface area contributed by atoms with Gasteiger partial charge in [-0.2, -0.15) is 0 Å². The van der Waals surface area contributed by atoms with E-state index in [1.165, 1.54) is 0 Å². The standard InChI is InChI=1S/C21H26N4O2/c1-13-10-23-17(15(3)20(13)26-5)11-24-21(22-4)25-12-19-14(2)16-8-6-7-9-18(16)27-19/h6-10H,11-12H2,1-5H3,(H2,22,24,25). The molecule has 0 spiro atoms. The molecule has 2 heterocycles. The lowest BCUT2D eigenvalue weighted by molar-refractivity contribution is 0.406. The minimum Gasteiger partial charge on any atom is -0.496 e. The lowest BCUT2D eigenvalue weighted by Gasteiger charge is -2.15. The maximum Gasteiger partial charge on any atom is 0.191 e. The van der Waals surface area contributed by atoms with E-state index in [2.05, 4.69) is 33.6 Å². The molecule has 0 atom stereocenters.